The van der Waals surface area contributed by atoms with Crippen LogP contribution in [0.4, 0.5) is 0 Å². The van der Waals surface area contributed by atoms with Gasteiger partial charge in [-0.25, -0.2) is 0 Å². The van der Waals surface area contributed by atoms with E-state index in [0.717, 1.165) is 19.3 Å². The molecule has 0 aromatic carbocycles. The van der Waals surface area contributed by atoms with E-state index in [9.17, 15) is 14.7 Å². The highest BCUT2D eigenvalue weighted by molar-refractivity contribution is 6.05. The molecule has 5 fully saturated rings. The van der Waals surface area contributed by atoms with Crippen LogP contribution in [0.2, 0.25) is 0 Å². The molecular formula is C20H26O5. The van der Waals surface area contributed by atoms with Gasteiger partial charge >= 0.3 is 0 Å². The summed E-state index contributed by atoms with van der Waals surface area (Å²) in [6.45, 7) is 11.6. The molecule has 5 heteroatoms. The van der Waals surface area contributed by atoms with Crippen LogP contribution in [0.5, 0.6) is 0 Å². The quantitative estimate of drug-likeness (QED) is 0.737. The summed E-state index contributed by atoms with van der Waals surface area (Å²) >= 11 is 0. The van der Waals surface area contributed by atoms with Gasteiger partial charge in [0.15, 0.2) is 0 Å². The number of ketones is 2. The summed E-state index contributed by atoms with van der Waals surface area (Å²) in [7, 11) is 0. The van der Waals surface area contributed by atoms with Crippen LogP contribution in [-0.4, -0.2) is 33.8 Å². The molecule has 5 aliphatic rings. The van der Waals surface area contributed by atoms with Crippen LogP contribution in [0.25, 0.3) is 0 Å². The van der Waals surface area contributed by atoms with Crippen molar-refractivity contribution in [2.45, 2.75) is 64.1 Å². The molecule has 5 nitrogen and oxygen atoms in total. The Morgan fingerprint density at radius 2 is 1.88 bits per heavy atom. The summed E-state index contributed by atoms with van der Waals surface area (Å²) in [4.78, 5) is 27.2. The fraction of sp³-hybridized carbons (Fsp3) is 0.800. The topological polar surface area (TPSA) is 72.8 Å². The minimum atomic E-state index is -2.06. The second kappa shape index (κ2) is 4.10. The fourth-order valence-electron chi connectivity index (χ4n) is 7.70. The van der Waals surface area contributed by atoms with Crippen LogP contribution >= 0.6 is 0 Å². The van der Waals surface area contributed by atoms with Crippen LogP contribution in [-0.2, 0) is 19.1 Å². The van der Waals surface area contributed by atoms with Gasteiger partial charge in [-0.3, -0.25) is 9.59 Å². The van der Waals surface area contributed by atoms with Gasteiger partial charge in [0.05, 0.1) is 5.41 Å². The lowest BCUT2D eigenvalue weighted by Crippen LogP contribution is -2.80. The second-order valence-electron chi connectivity index (χ2n) is 9.32. The Labute approximate surface area is 147 Å². The highest BCUT2D eigenvalue weighted by Crippen LogP contribution is 2.79. The third-order valence-electron chi connectivity index (χ3n) is 8.24. The molecule has 0 aromatic heterocycles. The number of carbonyl (C=O) groups is 2. The highest BCUT2D eigenvalue weighted by Gasteiger charge is 2.94. The maximum absolute atomic E-state index is 13.7. The van der Waals surface area contributed by atoms with Crippen LogP contribution in [0.3, 0.4) is 0 Å². The lowest BCUT2D eigenvalue weighted by atomic mass is 9.42. The number of allylic oxidation sites excluding steroid dienone is 1. The Balaban J connectivity index is 1.89. The Hall–Kier alpha value is -1.04. The summed E-state index contributed by atoms with van der Waals surface area (Å²) in [5, 5.41) is 11.6. The second-order valence-corrected chi connectivity index (χ2v) is 9.32. The van der Waals surface area contributed by atoms with Crippen molar-refractivity contribution in [2.24, 2.45) is 35.0 Å². The maximum Gasteiger partial charge on any atom is 0.261 e. The monoisotopic (exact) mass is 346 g/mol. The smallest absolute Gasteiger partial charge is 0.261 e. The van der Waals surface area contributed by atoms with Gasteiger partial charge in [-0.05, 0) is 56.8 Å². The van der Waals surface area contributed by atoms with E-state index in [4.69, 9.17) is 9.47 Å². The molecule has 136 valence electrons. The fourth-order valence-corrected chi connectivity index (χ4v) is 7.70. The average molecular weight is 346 g/mol. The first-order valence-corrected chi connectivity index (χ1v) is 9.45. The molecule has 2 spiro atoms. The van der Waals surface area contributed by atoms with E-state index in [1.807, 2.05) is 13.8 Å². The molecule has 25 heavy (non-hydrogen) atoms. The largest absolute Gasteiger partial charge is 0.357 e. The zero-order chi connectivity index (χ0) is 18.2. The van der Waals surface area contributed by atoms with Gasteiger partial charge in [0.25, 0.3) is 5.79 Å². The number of fused-ring (bicyclic) bond motifs is 1. The van der Waals surface area contributed by atoms with Crippen LogP contribution in [0, 0.1) is 35.0 Å². The molecule has 5 rings (SSSR count). The lowest BCUT2D eigenvalue weighted by molar-refractivity contribution is -0.299. The predicted octanol–water partition coefficient (Wildman–Crippen LogP) is 2.22. The van der Waals surface area contributed by atoms with E-state index < -0.39 is 28.5 Å². The van der Waals surface area contributed by atoms with Crippen molar-refractivity contribution in [1.29, 1.82) is 0 Å². The predicted molar refractivity (Wildman–Crippen MR) is 88.2 cm³/mol. The van der Waals surface area contributed by atoms with E-state index in [1.165, 1.54) is 0 Å². The molecule has 9 unspecified atom stereocenters. The standard InChI is InChI=1S/C20H26O5/c1-9(2)14-13-8-10(3)12-7-6-11(4)19-18(12,13)16(22)17(5,24-19)25-20(19,23)15(14)21/h10-14,23H,1,6-8H2,2-5H3. The Morgan fingerprint density at radius 3 is 2.52 bits per heavy atom. The Kier molecular flexibility index (Phi) is 2.65. The minimum absolute atomic E-state index is 0.0608. The van der Waals surface area contributed by atoms with Crippen molar-refractivity contribution in [3.8, 4) is 0 Å². The van der Waals surface area contributed by atoms with E-state index in [1.54, 1.807) is 6.92 Å². The molecule has 3 saturated carbocycles. The first-order valence-electron chi connectivity index (χ1n) is 9.45. The number of Topliss-reactive ketones (excluding diaryl/α,β-unsaturated/α-hetero) is 2. The molecule has 2 bridgehead atoms. The van der Waals surface area contributed by atoms with E-state index in [-0.39, 0.29) is 29.3 Å². The zero-order valence-corrected chi connectivity index (χ0v) is 15.3. The Bertz CT molecular complexity index is 744. The first kappa shape index (κ1) is 16.2. The third kappa shape index (κ3) is 1.25. The maximum atomic E-state index is 13.7. The number of hydrogen-bond donors (Lipinski definition) is 1. The van der Waals surface area contributed by atoms with Crippen molar-refractivity contribution in [3.63, 3.8) is 0 Å². The summed E-state index contributed by atoms with van der Waals surface area (Å²) in [5.74, 6) is -4.40. The van der Waals surface area contributed by atoms with Crippen molar-refractivity contribution < 1.29 is 24.2 Å². The summed E-state index contributed by atoms with van der Waals surface area (Å²) in [6.07, 6.45) is 2.55. The molecule has 3 aliphatic carbocycles. The molecular weight excluding hydrogens is 320 g/mol. The number of carbonyl (C=O) groups excluding carboxylic acids is 2. The molecule has 2 saturated heterocycles. The number of ether oxygens (including phenoxy) is 2. The number of hydrogen-bond acceptors (Lipinski definition) is 5. The summed E-state index contributed by atoms with van der Waals surface area (Å²) in [5.41, 5.74) is -1.40. The first-order chi connectivity index (χ1) is 11.6. The minimum Gasteiger partial charge on any atom is -0.357 e. The molecule has 9 atom stereocenters. The van der Waals surface area contributed by atoms with Crippen molar-refractivity contribution in [3.05, 3.63) is 12.2 Å². The molecule has 2 aliphatic heterocycles. The van der Waals surface area contributed by atoms with Gasteiger partial charge in [-0.2, -0.15) is 0 Å². The third-order valence-corrected chi connectivity index (χ3v) is 8.24. The lowest BCUT2D eigenvalue weighted by Gasteiger charge is -2.63. The van der Waals surface area contributed by atoms with Gasteiger partial charge in [0, 0.05) is 5.92 Å². The van der Waals surface area contributed by atoms with Crippen molar-refractivity contribution in [1.82, 2.24) is 0 Å². The van der Waals surface area contributed by atoms with E-state index >= 15 is 0 Å². The van der Waals surface area contributed by atoms with Gasteiger partial charge in [0.1, 0.15) is 5.60 Å². The Morgan fingerprint density at radius 1 is 1.20 bits per heavy atom. The molecule has 0 amide bonds. The number of rotatable bonds is 1. The SMILES string of the molecule is C=C(C)C1C(=O)C2(O)OC3(C)OC24C(C)CCC2C(C)CC1C24C3=O. The molecule has 0 radical (unpaired) electrons. The van der Waals surface area contributed by atoms with Crippen LogP contribution in [0.15, 0.2) is 12.2 Å². The van der Waals surface area contributed by atoms with Gasteiger partial charge in [0.2, 0.25) is 17.4 Å². The molecule has 0 aromatic rings. The summed E-state index contributed by atoms with van der Waals surface area (Å²) < 4.78 is 12.1. The normalized spacial score (nSPS) is 61.6. The highest BCUT2D eigenvalue weighted by atomic mass is 16.8. The van der Waals surface area contributed by atoms with E-state index in [2.05, 4.69) is 13.5 Å². The van der Waals surface area contributed by atoms with E-state index in [0.29, 0.717) is 11.5 Å². The van der Waals surface area contributed by atoms with Crippen LogP contribution in [0.1, 0.15) is 47.0 Å². The van der Waals surface area contributed by atoms with Crippen LogP contribution < -0.4 is 0 Å². The molecule has 1 N–H and O–H groups in total. The average Bonchev–Trinajstić information content (AvgIpc) is 3.03. The van der Waals surface area contributed by atoms with Gasteiger partial charge in [-0.1, -0.05) is 26.0 Å². The van der Waals surface area contributed by atoms with Crippen molar-refractivity contribution >= 4 is 11.6 Å². The zero-order valence-electron chi connectivity index (χ0n) is 15.3. The van der Waals surface area contributed by atoms with Gasteiger partial charge < -0.3 is 14.6 Å². The number of aliphatic hydroxyl groups is 1. The summed E-state index contributed by atoms with van der Waals surface area (Å²) in [6, 6.07) is 0. The van der Waals surface area contributed by atoms with Crippen molar-refractivity contribution in [2.75, 3.05) is 0 Å². The van der Waals surface area contributed by atoms with Gasteiger partial charge in [-0.15, -0.1) is 0 Å². The molecule has 2 heterocycles.